The van der Waals surface area contributed by atoms with E-state index in [4.69, 9.17) is 32.3 Å². The highest BCUT2D eigenvalue weighted by molar-refractivity contribution is 7.47. The van der Waals surface area contributed by atoms with Gasteiger partial charge in [-0.1, -0.05) is 414 Å². The Balaban J connectivity index is 4.56. The van der Waals surface area contributed by atoms with E-state index in [2.05, 4.69) is 215 Å². The van der Waals surface area contributed by atoms with Crippen molar-refractivity contribution in [3.63, 3.8) is 0 Å². The Morgan fingerprint density at radius 2 is 0.424 bits per heavy atom. The summed E-state index contributed by atoms with van der Waals surface area (Å²) in [5, 5.41) is 20.8. The number of unbranched alkanes of at least 4 members (excludes halogenated alkanes) is 38. The highest BCUT2D eigenvalue weighted by Crippen LogP contribution is 2.45. The standard InChI is InChI=1S/C107H180O16P2/c1-4-7-10-13-16-19-22-25-28-31-34-37-39-41-43-45-47-49-50-52-54-55-57-59-61-64-66-69-72-75-78-81-84-87-90-93-105(110)117-96-102(108)97-119-124(113,114)120-98-103(109)99-121-125(115,116)122-101-104(123-107(112)95-92-89-86-83-80-77-74-71-68-63-36-33-30-27-24-21-18-15-12-9-6-3)100-118-106(111)94-91-88-85-82-79-76-73-70-67-65-62-60-58-56-53-51-48-46-44-42-40-38-35-32-29-26-23-20-17-14-11-8-5-2/h8-9,11-12,16-21,25-30,34-38,41-44,48,51,63,71,74,80,83,102-104,108-109H,4-7,10,13-15,22-24,31-33,39-40,45-47,49-50,52-62,64-70,72-73,75-79,81-82,84-101H2,1-3H3,(H,113,114)(H,115,116)/b11-8-,12-9-,19-16-,20-17-,21-18-,28-25-,29-26-,30-27-,37-34-,38-35-,43-41-,44-42-,51-48-,63-36-,74-71-,83-80-. The highest BCUT2D eigenvalue weighted by Gasteiger charge is 2.30. The number of hydrogen-bond acceptors (Lipinski definition) is 14. The minimum atomic E-state index is -4.96. The van der Waals surface area contributed by atoms with Gasteiger partial charge in [0, 0.05) is 19.3 Å². The predicted octanol–water partition coefficient (Wildman–Crippen LogP) is 31.3. The average molecular weight is 1780 g/mol. The van der Waals surface area contributed by atoms with Crippen LogP contribution >= 0.6 is 15.6 Å². The zero-order chi connectivity index (χ0) is 90.7. The topological polar surface area (TPSA) is 231 Å². The number of ether oxygens (including phenoxy) is 3. The molecule has 0 aliphatic heterocycles. The molecule has 0 saturated heterocycles. The van der Waals surface area contributed by atoms with Crippen molar-refractivity contribution < 1.29 is 75.8 Å². The lowest BCUT2D eigenvalue weighted by Gasteiger charge is -2.21. The molecule has 0 rings (SSSR count). The second kappa shape index (κ2) is 97.4. The van der Waals surface area contributed by atoms with Crippen LogP contribution in [-0.4, -0.2) is 95.9 Å². The Kier molecular flexibility index (Phi) is 93.1. The summed E-state index contributed by atoms with van der Waals surface area (Å²) in [4.78, 5) is 59.1. The van der Waals surface area contributed by atoms with Gasteiger partial charge in [-0.2, -0.15) is 0 Å². The molecule has 0 radical (unpaired) electrons. The minimum Gasteiger partial charge on any atom is -0.463 e. The molecule has 0 aromatic heterocycles. The van der Waals surface area contributed by atoms with Crippen molar-refractivity contribution in [3.8, 4) is 0 Å². The van der Waals surface area contributed by atoms with E-state index in [-0.39, 0.29) is 19.3 Å². The first-order valence-corrected chi connectivity index (χ1v) is 52.7. The van der Waals surface area contributed by atoms with Gasteiger partial charge in [-0.05, 0) is 167 Å². The Bertz CT molecular complexity index is 3050. The van der Waals surface area contributed by atoms with Crippen LogP contribution in [0.2, 0.25) is 0 Å². The molecular formula is C107H180O16P2. The number of carbonyl (C=O) groups is 3. The van der Waals surface area contributed by atoms with E-state index >= 15 is 0 Å². The van der Waals surface area contributed by atoms with Crippen molar-refractivity contribution in [2.45, 2.75) is 424 Å². The van der Waals surface area contributed by atoms with Crippen molar-refractivity contribution in [1.82, 2.24) is 0 Å². The van der Waals surface area contributed by atoms with E-state index in [1.807, 2.05) is 0 Å². The van der Waals surface area contributed by atoms with Gasteiger partial charge in [0.1, 0.15) is 25.4 Å². The van der Waals surface area contributed by atoms with Crippen molar-refractivity contribution in [1.29, 1.82) is 0 Å². The number of hydrogen-bond donors (Lipinski definition) is 4. The van der Waals surface area contributed by atoms with Gasteiger partial charge in [0.15, 0.2) is 6.10 Å². The fourth-order valence-electron chi connectivity index (χ4n) is 13.3. The lowest BCUT2D eigenvalue weighted by Crippen LogP contribution is -2.30. The van der Waals surface area contributed by atoms with Gasteiger partial charge < -0.3 is 34.2 Å². The largest absolute Gasteiger partial charge is 0.472 e. The van der Waals surface area contributed by atoms with Gasteiger partial charge in [-0.25, -0.2) is 9.13 Å². The predicted molar refractivity (Wildman–Crippen MR) is 528 cm³/mol. The van der Waals surface area contributed by atoms with Crippen molar-refractivity contribution in [3.05, 3.63) is 194 Å². The van der Waals surface area contributed by atoms with Gasteiger partial charge in [0.2, 0.25) is 0 Å². The average Bonchev–Trinajstić information content (AvgIpc) is 0.994. The normalized spacial score (nSPS) is 14.5. The molecule has 0 aromatic rings. The summed E-state index contributed by atoms with van der Waals surface area (Å²) in [5.41, 5.74) is 0. The molecule has 125 heavy (non-hydrogen) atoms. The van der Waals surface area contributed by atoms with E-state index in [0.29, 0.717) is 25.7 Å². The highest BCUT2D eigenvalue weighted by atomic mass is 31.2. The molecule has 0 aromatic carbocycles. The van der Waals surface area contributed by atoms with Gasteiger partial charge >= 0.3 is 33.6 Å². The van der Waals surface area contributed by atoms with E-state index in [1.165, 1.54) is 186 Å². The number of aliphatic hydroxyl groups is 2. The second-order valence-corrected chi connectivity index (χ2v) is 35.7. The Morgan fingerprint density at radius 3 is 0.688 bits per heavy atom. The molecule has 0 spiro atoms. The molecule has 4 N–H and O–H groups in total. The fraction of sp³-hybridized carbons (Fsp3) is 0.673. The van der Waals surface area contributed by atoms with Crippen LogP contribution in [-0.2, 0) is 55.8 Å². The van der Waals surface area contributed by atoms with Crippen molar-refractivity contribution in [2.24, 2.45) is 0 Å². The maximum Gasteiger partial charge on any atom is 0.472 e. The molecular weight excluding hydrogens is 1600 g/mol. The van der Waals surface area contributed by atoms with Crippen molar-refractivity contribution >= 4 is 33.6 Å². The smallest absolute Gasteiger partial charge is 0.463 e. The molecule has 0 saturated carbocycles. The number of phosphoric ester groups is 2. The lowest BCUT2D eigenvalue weighted by atomic mass is 10.0. The van der Waals surface area contributed by atoms with Gasteiger partial charge in [0.25, 0.3) is 0 Å². The number of allylic oxidation sites excluding steroid dienone is 32. The molecule has 0 fully saturated rings. The lowest BCUT2D eigenvalue weighted by molar-refractivity contribution is -0.161. The molecule has 714 valence electrons. The zero-order valence-corrected chi connectivity index (χ0v) is 80.7. The SMILES string of the molecule is CC/C=C\C/C=C\C/C=C\C/C=C\C/C=C\C/C=C\CCCCCCCCCCCCCCCCC(=O)OCC(COP(=O)(O)OCC(O)COP(=O)(O)OCC(O)COC(=O)CCCCCCCCCCCCCCCCCCCCC/C=C\C/C=C\C/C=C\C/C=C\CCCCC)OC(=O)CCCC/C=C\C/C=C\C/C=C\C/C=C\C/C=C\C/C=C\CC. The van der Waals surface area contributed by atoms with E-state index in [1.54, 1.807) is 0 Å². The fourth-order valence-corrected chi connectivity index (χ4v) is 14.9. The monoisotopic (exact) mass is 1780 g/mol. The first kappa shape index (κ1) is 119. The third kappa shape index (κ3) is 98.8. The summed E-state index contributed by atoms with van der Waals surface area (Å²) in [7, 11) is -9.83. The van der Waals surface area contributed by atoms with Crippen LogP contribution in [0.5, 0.6) is 0 Å². The second-order valence-electron chi connectivity index (χ2n) is 32.8. The van der Waals surface area contributed by atoms with Crippen LogP contribution in [0.4, 0.5) is 0 Å². The summed E-state index contributed by atoms with van der Waals surface area (Å²) >= 11 is 0. The van der Waals surface area contributed by atoms with E-state index in [0.717, 1.165) is 154 Å². The number of phosphoric acid groups is 2. The van der Waals surface area contributed by atoms with Gasteiger partial charge in [0.05, 0.1) is 26.4 Å². The maximum absolute atomic E-state index is 13.1. The summed E-state index contributed by atoms with van der Waals surface area (Å²) in [5.74, 6) is -1.62. The number of aliphatic hydroxyl groups excluding tert-OH is 2. The zero-order valence-electron chi connectivity index (χ0n) is 79.0. The minimum absolute atomic E-state index is 0.0442. The third-order valence-electron chi connectivity index (χ3n) is 20.8. The maximum atomic E-state index is 13.1. The van der Waals surface area contributed by atoms with Gasteiger partial charge in [-0.3, -0.25) is 32.5 Å². The molecule has 0 heterocycles. The Labute approximate surface area is 763 Å². The van der Waals surface area contributed by atoms with Gasteiger partial charge in [-0.15, -0.1) is 0 Å². The number of rotatable bonds is 93. The first-order chi connectivity index (χ1) is 61.2. The summed E-state index contributed by atoms with van der Waals surface area (Å²) in [6.45, 7) is 2.42. The third-order valence-corrected chi connectivity index (χ3v) is 22.7. The molecule has 5 unspecified atom stereocenters. The van der Waals surface area contributed by atoms with Crippen LogP contribution in [0.25, 0.3) is 0 Å². The summed E-state index contributed by atoms with van der Waals surface area (Å²) in [6.07, 6.45) is 131. The molecule has 0 aliphatic carbocycles. The Morgan fingerprint density at radius 1 is 0.232 bits per heavy atom. The Hall–Kier alpha value is -5.61. The molecule has 5 atom stereocenters. The summed E-state index contributed by atoms with van der Waals surface area (Å²) in [6, 6.07) is 0. The van der Waals surface area contributed by atoms with Crippen LogP contribution in [0, 0.1) is 0 Å². The van der Waals surface area contributed by atoms with Crippen LogP contribution in [0.15, 0.2) is 194 Å². The van der Waals surface area contributed by atoms with E-state index in [9.17, 15) is 43.5 Å². The first-order valence-electron chi connectivity index (χ1n) is 49.7. The van der Waals surface area contributed by atoms with Crippen LogP contribution in [0.3, 0.4) is 0 Å². The molecule has 0 amide bonds. The number of carbonyl (C=O) groups excluding carboxylic acids is 3. The molecule has 16 nitrogen and oxygen atoms in total. The number of esters is 3. The quantitative estimate of drug-likeness (QED) is 0.0146. The molecule has 0 aliphatic rings. The molecule has 18 heteroatoms. The van der Waals surface area contributed by atoms with Crippen LogP contribution in [0.1, 0.15) is 406 Å². The summed E-state index contributed by atoms with van der Waals surface area (Å²) < 4.78 is 61.5. The van der Waals surface area contributed by atoms with E-state index < -0.39 is 91.5 Å². The van der Waals surface area contributed by atoms with Crippen molar-refractivity contribution in [2.75, 3.05) is 39.6 Å². The molecule has 0 bridgehead atoms. The van der Waals surface area contributed by atoms with Crippen LogP contribution < -0.4 is 0 Å².